The van der Waals surface area contributed by atoms with Gasteiger partial charge in [0.1, 0.15) is 5.60 Å². The molecular weight excluding hydrogens is 304 g/mol. The molecule has 0 saturated heterocycles. The van der Waals surface area contributed by atoms with E-state index < -0.39 is 5.60 Å². The van der Waals surface area contributed by atoms with Crippen LogP contribution in [-0.2, 0) is 5.60 Å². The van der Waals surface area contributed by atoms with Crippen LogP contribution in [0.5, 0.6) is 0 Å². The number of carbonyl (C=O) groups excluding carboxylic acids is 1. The Bertz CT molecular complexity index is 813. The van der Waals surface area contributed by atoms with E-state index in [0.29, 0.717) is 0 Å². The Morgan fingerprint density at radius 3 is 2.42 bits per heavy atom. The number of hydrogen-bond donors (Lipinski definition) is 2. The Labute approximate surface area is 139 Å². The molecule has 0 aliphatic rings. The number of carbonyl (C=O) groups is 1. The van der Waals surface area contributed by atoms with Crippen molar-refractivity contribution >= 4 is 5.91 Å². The molecule has 2 N–H and O–H groups in total. The first-order valence-corrected chi connectivity index (χ1v) is 7.60. The average molecular weight is 322 g/mol. The molecule has 0 spiro atoms. The molecule has 3 aromatic rings. The molecule has 0 radical (unpaired) electrons. The second-order valence-corrected chi connectivity index (χ2v) is 5.68. The maximum atomic E-state index is 12.2. The fourth-order valence-corrected chi connectivity index (χ4v) is 2.30. The lowest BCUT2D eigenvalue weighted by atomic mass is 9.96. The Morgan fingerprint density at radius 1 is 1.12 bits per heavy atom. The Balaban J connectivity index is 1.67. The topological polar surface area (TPSA) is 80.0 Å². The van der Waals surface area contributed by atoms with Gasteiger partial charge < -0.3 is 10.4 Å². The van der Waals surface area contributed by atoms with Crippen LogP contribution in [0.25, 0.3) is 5.69 Å². The summed E-state index contributed by atoms with van der Waals surface area (Å²) in [6.45, 7) is 1.73. The number of nitrogens with zero attached hydrogens (tertiary/aromatic N) is 3. The number of nitrogens with one attached hydrogen (secondary N) is 1. The first-order valence-electron chi connectivity index (χ1n) is 7.60. The van der Waals surface area contributed by atoms with E-state index in [1.165, 1.54) is 11.0 Å². The van der Waals surface area contributed by atoms with Crippen molar-refractivity contribution in [3.63, 3.8) is 0 Å². The summed E-state index contributed by atoms with van der Waals surface area (Å²) in [5, 5.41) is 21.5. The molecule has 0 bridgehead atoms. The van der Waals surface area contributed by atoms with Gasteiger partial charge in [-0.1, -0.05) is 48.5 Å². The van der Waals surface area contributed by atoms with Crippen LogP contribution in [0.4, 0.5) is 0 Å². The van der Waals surface area contributed by atoms with E-state index in [0.717, 1.165) is 11.3 Å². The van der Waals surface area contributed by atoms with Crippen molar-refractivity contribution in [1.82, 2.24) is 20.3 Å². The van der Waals surface area contributed by atoms with Crippen LogP contribution in [0, 0.1) is 0 Å². The molecule has 1 aromatic heterocycles. The van der Waals surface area contributed by atoms with Gasteiger partial charge in [0.05, 0.1) is 18.4 Å². The maximum Gasteiger partial charge on any atom is 0.273 e. The van der Waals surface area contributed by atoms with Crippen LogP contribution < -0.4 is 5.32 Å². The zero-order valence-electron chi connectivity index (χ0n) is 13.3. The summed E-state index contributed by atoms with van der Waals surface area (Å²) in [4.78, 5) is 13.6. The van der Waals surface area contributed by atoms with Gasteiger partial charge in [-0.3, -0.25) is 4.79 Å². The highest BCUT2D eigenvalue weighted by Crippen LogP contribution is 2.19. The zero-order chi connectivity index (χ0) is 17.0. The molecule has 3 rings (SSSR count). The highest BCUT2D eigenvalue weighted by atomic mass is 16.3. The minimum Gasteiger partial charge on any atom is -0.384 e. The monoisotopic (exact) mass is 322 g/mol. The van der Waals surface area contributed by atoms with Crippen molar-refractivity contribution in [2.75, 3.05) is 6.54 Å². The molecule has 0 fully saturated rings. The molecule has 1 amide bonds. The van der Waals surface area contributed by atoms with Crippen LogP contribution in [-0.4, -0.2) is 32.6 Å². The molecule has 122 valence electrons. The first kappa shape index (κ1) is 15.9. The lowest BCUT2D eigenvalue weighted by Gasteiger charge is -2.23. The van der Waals surface area contributed by atoms with Gasteiger partial charge in [-0.25, -0.2) is 0 Å². The van der Waals surface area contributed by atoms with Crippen molar-refractivity contribution in [3.05, 3.63) is 78.1 Å². The number of para-hydroxylation sites is 1. The molecule has 0 saturated carbocycles. The fourth-order valence-electron chi connectivity index (χ4n) is 2.30. The van der Waals surface area contributed by atoms with Gasteiger partial charge >= 0.3 is 0 Å². The molecule has 1 unspecified atom stereocenters. The standard InChI is InChI=1S/C18H18N4O2/c1-18(24,14-8-4-2-5-9-14)13-19-17(23)16-12-20-22(21-16)15-10-6-3-7-11-15/h2-12,24H,13H2,1H3,(H,19,23). The summed E-state index contributed by atoms with van der Waals surface area (Å²) in [7, 11) is 0. The van der Waals surface area contributed by atoms with Crippen LogP contribution in [0.3, 0.4) is 0 Å². The molecule has 0 aliphatic carbocycles. The molecule has 6 nitrogen and oxygen atoms in total. The SMILES string of the molecule is CC(O)(CNC(=O)c1cnn(-c2ccccc2)n1)c1ccccc1. The predicted octanol–water partition coefficient (Wildman–Crippen LogP) is 1.90. The average Bonchev–Trinajstić information content (AvgIpc) is 3.11. The molecule has 2 aromatic carbocycles. The van der Waals surface area contributed by atoms with E-state index in [9.17, 15) is 9.90 Å². The summed E-state index contributed by atoms with van der Waals surface area (Å²) in [6.07, 6.45) is 1.40. The maximum absolute atomic E-state index is 12.2. The minimum absolute atomic E-state index is 0.0774. The lowest BCUT2D eigenvalue weighted by molar-refractivity contribution is 0.0525. The third-order valence-electron chi connectivity index (χ3n) is 3.70. The number of rotatable bonds is 5. The molecular formula is C18H18N4O2. The van der Waals surface area contributed by atoms with Crippen molar-refractivity contribution in [1.29, 1.82) is 0 Å². The zero-order valence-corrected chi connectivity index (χ0v) is 13.3. The molecule has 0 aliphatic heterocycles. The van der Waals surface area contributed by atoms with Gasteiger partial charge in [0.15, 0.2) is 5.69 Å². The van der Waals surface area contributed by atoms with E-state index in [-0.39, 0.29) is 18.1 Å². The molecule has 1 heterocycles. The Morgan fingerprint density at radius 2 is 1.75 bits per heavy atom. The highest BCUT2D eigenvalue weighted by Gasteiger charge is 2.24. The third kappa shape index (κ3) is 3.49. The highest BCUT2D eigenvalue weighted by molar-refractivity contribution is 5.91. The summed E-state index contributed by atoms with van der Waals surface area (Å²) >= 11 is 0. The number of benzene rings is 2. The number of hydrogen-bond acceptors (Lipinski definition) is 4. The summed E-state index contributed by atoms with van der Waals surface area (Å²) in [5.74, 6) is -0.381. The van der Waals surface area contributed by atoms with Crippen LogP contribution in [0.15, 0.2) is 66.9 Å². The largest absolute Gasteiger partial charge is 0.384 e. The van der Waals surface area contributed by atoms with E-state index in [1.54, 1.807) is 6.92 Å². The van der Waals surface area contributed by atoms with Crippen molar-refractivity contribution < 1.29 is 9.90 Å². The Kier molecular flexibility index (Phi) is 4.39. The normalized spacial score (nSPS) is 13.2. The van der Waals surface area contributed by atoms with Crippen molar-refractivity contribution in [2.45, 2.75) is 12.5 Å². The quantitative estimate of drug-likeness (QED) is 0.752. The summed E-state index contributed by atoms with van der Waals surface area (Å²) in [6, 6.07) is 18.5. The lowest BCUT2D eigenvalue weighted by Crippen LogP contribution is -2.38. The number of amides is 1. The van der Waals surface area contributed by atoms with E-state index in [1.807, 2.05) is 60.7 Å². The third-order valence-corrected chi connectivity index (χ3v) is 3.70. The van der Waals surface area contributed by atoms with Gasteiger partial charge in [-0.15, -0.1) is 5.10 Å². The number of aromatic nitrogens is 3. The van der Waals surface area contributed by atoms with Crippen molar-refractivity contribution in [2.24, 2.45) is 0 Å². The first-order chi connectivity index (χ1) is 11.6. The van der Waals surface area contributed by atoms with Crippen molar-refractivity contribution in [3.8, 4) is 5.69 Å². The second-order valence-electron chi connectivity index (χ2n) is 5.68. The van der Waals surface area contributed by atoms with Gasteiger partial charge in [-0.05, 0) is 24.6 Å². The fraction of sp³-hybridized carbons (Fsp3) is 0.167. The Hall–Kier alpha value is -2.99. The molecule has 1 atom stereocenters. The minimum atomic E-state index is -1.16. The van der Waals surface area contributed by atoms with E-state index >= 15 is 0 Å². The predicted molar refractivity (Wildman–Crippen MR) is 89.7 cm³/mol. The van der Waals surface area contributed by atoms with E-state index in [2.05, 4.69) is 15.5 Å². The van der Waals surface area contributed by atoms with Gasteiger partial charge in [0.25, 0.3) is 5.91 Å². The van der Waals surface area contributed by atoms with Gasteiger partial charge in [0.2, 0.25) is 0 Å². The van der Waals surface area contributed by atoms with Gasteiger partial charge in [-0.2, -0.15) is 9.90 Å². The van der Waals surface area contributed by atoms with Crippen LogP contribution in [0.2, 0.25) is 0 Å². The second kappa shape index (κ2) is 6.64. The van der Waals surface area contributed by atoms with Crippen LogP contribution in [0.1, 0.15) is 23.0 Å². The molecule has 24 heavy (non-hydrogen) atoms. The molecule has 6 heteroatoms. The number of aliphatic hydroxyl groups is 1. The smallest absolute Gasteiger partial charge is 0.273 e. The summed E-state index contributed by atoms with van der Waals surface area (Å²) < 4.78 is 0. The summed E-state index contributed by atoms with van der Waals surface area (Å²) in [5.41, 5.74) is 0.542. The van der Waals surface area contributed by atoms with Crippen LogP contribution >= 0.6 is 0 Å². The van der Waals surface area contributed by atoms with E-state index in [4.69, 9.17) is 0 Å². The van der Waals surface area contributed by atoms with Gasteiger partial charge in [0, 0.05) is 0 Å².